The highest BCUT2D eigenvalue weighted by atomic mass is 16.5. The molecule has 25 heavy (non-hydrogen) atoms. The number of carbonyl (C=O) groups excluding carboxylic acids is 2. The SMILES string of the molecule is COc1ccccc1C1(CNC(=O)CNC(=O)c2ccccc2)CC1. The standard InChI is InChI=1S/C20H22N2O3/c1-25-17-10-6-5-9-16(17)20(11-12-20)14-22-18(23)13-21-19(24)15-7-3-2-4-8-15/h2-10H,11-14H2,1H3,(H,21,24)(H,22,23). The van der Waals surface area contributed by atoms with Gasteiger partial charge in [-0.3, -0.25) is 9.59 Å². The van der Waals surface area contributed by atoms with Crippen molar-refractivity contribution in [3.63, 3.8) is 0 Å². The highest BCUT2D eigenvalue weighted by Gasteiger charge is 2.46. The summed E-state index contributed by atoms with van der Waals surface area (Å²) in [5, 5.41) is 5.57. The number of methoxy groups -OCH3 is 1. The minimum Gasteiger partial charge on any atom is -0.496 e. The van der Waals surface area contributed by atoms with Crippen LogP contribution in [0.5, 0.6) is 5.75 Å². The molecule has 5 nitrogen and oxygen atoms in total. The minimum absolute atomic E-state index is 0.0320. The molecule has 2 N–H and O–H groups in total. The van der Waals surface area contributed by atoms with E-state index in [1.165, 1.54) is 0 Å². The van der Waals surface area contributed by atoms with Crippen molar-refractivity contribution >= 4 is 11.8 Å². The van der Waals surface area contributed by atoms with E-state index in [0.29, 0.717) is 12.1 Å². The van der Waals surface area contributed by atoms with E-state index in [4.69, 9.17) is 4.74 Å². The maximum atomic E-state index is 12.1. The number of rotatable bonds is 7. The van der Waals surface area contributed by atoms with E-state index < -0.39 is 0 Å². The fraction of sp³-hybridized carbons (Fsp3) is 0.300. The summed E-state index contributed by atoms with van der Waals surface area (Å²) in [5.41, 5.74) is 1.63. The normalized spacial score (nSPS) is 14.4. The Labute approximate surface area is 147 Å². The second kappa shape index (κ2) is 7.38. The van der Waals surface area contributed by atoms with E-state index in [-0.39, 0.29) is 23.8 Å². The fourth-order valence-corrected chi connectivity index (χ4v) is 2.96. The lowest BCUT2D eigenvalue weighted by Gasteiger charge is -2.19. The molecule has 0 heterocycles. The molecular weight excluding hydrogens is 316 g/mol. The number of nitrogens with one attached hydrogen (secondary N) is 2. The molecule has 1 fully saturated rings. The lowest BCUT2D eigenvalue weighted by atomic mass is 9.95. The third-order valence-corrected chi connectivity index (χ3v) is 4.60. The Balaban J connectivity index is 1.52. The summed E-state index contributed by atoms with van der Waals surface area (Å²) in [6.07, 6.45) is 2.04. The van der Waals surface area contributed by atoms with Gasteiger partial charge in [0.1, 0.15) is 5.75 Å². The van der Waals surface area contributed by atoms with Gasteiger partial charge < -0.3 is 15.4 Å². The predicted octanol–water partition coefficient (Wildman–Crippen LogP) is 2.27. The van der Waals surface area contributed by atoms with Crippen molar-refractivity contribution in [2.45, 2.75) is 18.3 Å². The van der Waals surface area contributed by atoms with Gasteiger partial charge in [-0.05, 0) is 31.0 Å². The molecule has 2 aromatic rings. The Kier molecular flexibility index (Phi) is 5.03. The van der Waals surface area contributed by atoms with Gasteiger partial charge in [0.25, 0.3) is 5.91 Å². The maximum absolute atomic E-state index is 12.1. The molecule has 1 aliphatic rings. The van der Waals surface area contributed by atoms with Crippen LogP contribution in [0.2, 0.25) is 0 Å². The van der Waals surface area contributed by atoms with Crippen molar-refractivity contribution in [3.05, 3.63) is 65.7 Å². The van der Waals surface area contributed by atoms with Crippen LogP contribution in [0.25, 0.3) is 0 Å². The van der Waals surface area contributed by atoms with Gasteiger partial charge in [-0.15, -0.1) is 0 Å². The Bertz CT molecular complexity index is 755. The van der Waals surface area contributed by atoms with E-state index in [1.54, 1.807) is 31.4 Å². The molecule has 0 bridgehead atoms. The van der Waals surface area contributed by atoms with Crippen LogP contribution in [-0.2, 0) is 10.2 Å². The van der Waals surface area contributed by atoms with E-state index in [2.05, 4.69) is 16.7 Å². The molecule has 3 rings (SSSR count). The Morgan fingerprint density at radius 1 is 1.00 bits per heavy atom. The first kappa shape index (κ1) is 17.0. The largest absolute Gasteiger partial charge is 0.496 e. The summed E-state index contributed by atoms with van der Waals surface area (Å²) in [4.78, 5) is 24.0. The molecule has 2 amide bonds. The Hall–Kier alpha value is -2.82. The van der Waals surface area contributed by atoms with Crippen LogP contribution in [0.4, 0.5) is 0 Å². The van der Waals surface area contributed by atoms with Crippen LogP contribution >= 0.6 is 0 Å². The zero-order valence-electron chi connectivity index (χ0n) is 14.2. The highest BCUT2D eigenvalue weighted by molar-refractivity contribution is 5.96. The monoisotopic (exact) mass is 338 g/mol. The number of benzene rings is 2. The minimum atomic E-state index is -0.249. The first-order valence-electron chi connectivity index (χ1n) is 8.38. The van der Waals surface area contributed by atoms with Gasteiger partial charge in [0, 0.05) is 23.1 Å². The molecule has 0 aromatic heterocycles. The summed E-state index contributed by atoms with van der Waals surface area (Å²) in [6, 6.07) is 16.8. The third-order valence-electron chi connectivity index (χ3n) is 4.60. The topological polar surface area (TPSA) is 67.4 Å². The van der Waals surface area contributed by atoms with Crippen LogP contribution in [0.3, 0.4) is 0 Å². The van der Waals surface area contributed by atoms with Crippen molar-refractivity contribution in [2.24, 2.45) is 0 Å². The molecule has 0 aliphatic heterocycles. The average Bonchev–Trinajstić information content (AvgIpc) is 3.46. The zero-order valence-corrected chi connectivity index (χ0v) is 14.2. The maximum Gasteiger partial charge on any atom is 0.251 e. The number of ether oxygens (including phenoxy) is 1. The summed E-state index contributed by atoms with van der Waals surface area (Å²) in [7, 11) is 1.66. The zero-order chi connectivity index (χ0) is 17.7. The molecule has 2 aromatic carbocycles. The molecule has 1 aliphatic carbocycles. The number of hydrogen-bond donors (Lipinski definition) is 2. The smallest absolute Gasteiger partial charge is 0.251 e. The molecule has 0 radical (unpaired) electrons. The van der Waals surface area contributed by atoms with E-state index in [0.717, 1.165) is 24.2 Å². The molecule has 0 spiro atoms. The van der Waals surface area contributed by atoms with E-state index in [1.807, 2.05) is 24.3 Å². The molecule has 5 heteroatoms. The van der Waals surface area contributed by atoms with Crippen LogP contribution in [0, 0.1) is 0 Å². The number of amides is 2. The highest BCUT2D eigenvalue weighted by Crippen LogP contribution is 2.50. The van der Waals surface area contributed by atoms with Crippen LogP contribution in [-0.4, -0.2) is 32.0 Å². The van der Waals surface area contributed by atoms with Gasteiger partial charge in [0.2, 0.25) is 5.91 Å². The van der Waals surface area contributed by atoms with Gasteiger partial charge >= 0.3 is 0 Å². The van der Waals surface area contributed by atoms with Gasteiger partial charge in [0.05, 0.1) is 13.7 Å². The van der Waals surface area contributed by atoms with Gasteiger partial charge in [-0.1, -0.05) is 36.4 Å². The quantitative estimate of drug-likeness (QED) is 0.814. The molecule has 1 saturated carbocycles. The molecule has 130 valence electrons. The summed E-state index contributed by atoms with van der Waals surface area (Å²) < 4.78 is 5.44. The van der Waals surface area contributed by atoms with Crippen molar-refractivity contribution in [1.82, 2.24) is 10.6 Å². The first-order chi connectivity index (χ1) is 12.1. The van der Waals surface area contributed by atoms with E-state index in [9.17, 15) is 9.59 Å². The van der Waals surface area contributed by atoms with E-state index >= 15 is 0 Å². The summed E-state index contributed by atoms with van der Waals surface area (Å²) >= 11 is 0. The van der Waals surface area contributed by atoms with Crippen molar-refractivity contribution in [2.75, 3.05) is 20.2 Å². The van der Waals surface area contributed by atoms with Crippen LogP contribution in [0.15, 0.2) is 54.6 Å². The van der Waals surface area contributed by atoms with Crippen molar-refractivity contribution in [3.8, 4) is 5.75 Å². The van der Waals surface area contributed by atoms with Gasteiger partial charge in [0.15, 0.2) is 0 Å². The average molecular weight is 338 g/mol. The van der Waals surface area contributed by atoms with Crippen molar-refractivity contribution in [1.29, 1.82) is 0 Å². The van der Waals surface area contributed by atoms with Crippen molar-refractivity contribution < 1.29 is 14.3 Å². The van der Waals surface area contributed by atoms with Gasteiger partial charge in [-0.25, -0.2) is 0 Å². The lowest BCUT2D eigenvalue weighted by molar-refractivity contribution is -0.120. The molecular formula is C20H22N2O3. The number of para-hydroxylation sites is 1. The van der Waals surface area contributed by atoms with Crippen LogP contribution in [0.1, 0.15) is 28.8 Å². The molecule has 0 unspecified atom stereocenters. The van der Waals surface area contributed by atoms with Crippen LogP contribution < -0.4 is 15.4 Å². The lowest BCUT2D eigenvalue weighted by Crippen LogP contribution is -2.40. The third kappa shape index (κ3) is 3.99. The second-order valence-electron chi connectivity index (χ2n) is 6.31. The summed E-state index contributed by atoms with van der Waals surface area (Å²) in [5.74, 6) is 0.415. The Morgan fingerprint density at radius 2 is 1.68 bits per heavy atom. The second-order valence-corrected chi connectivity index (χ2v) is 6.31. The Morgan fingerprint density at radius 3 is 2.36 bits per heavy atom. The predicted molar refractivity (Wildman–Crippen MR) is 95.7 cm³/mol. The molecule has 0 saturated heterocycles. The molecule has 0 atom stereocenters. The number of carbonyl (C=O) groups is 2. The number of hydrogen-bond acceptors (Lipinski definition) is 3. The summed E-state index contributed by atoms with van der Waals surface area (Å²) in [6.45, 7) is 0.517. The van der Waals surface area contributed by atoms with Gasteiger partial charge in [-0.2, -0.15) is 0 Å². The first-order valence-corrected chi connectivity index (χ1v) is 8.38. The fourth-order valence-electron chi connectivity index (χ4n) is 2.96.